The van der Waals surface area contributed by atoms with E-state index >= 15 is 0 Å². The van der Waals surface area contributed by atoms with Gasteiger partial charge in [-0.05, 0) is 52.8 Å². The van der Waals surface area contributed by atoms with Crippen molar-refractivity contribution in [3.63, 3.8) is 0 Å². The molecule has 7 aromatic carbocycles. The van der Waals surface area contributed by atoms with Gasteiger partial charge in [-0.1, -0.05) is 201 Å². The maximum atomic E-state index is 5.35. The van der Waals surface area contributed by atoms with Crippen LogP contribution in [-0.4, -0.2) is 19.9 Å². The summed E-state index contributed by atoms with van der Waals surface area (Å²) in [6, 6.07) is 65.5. The predicted octanol–water partition coefficient (Wildman–Crippen LogP) is 14.9. The number of hydrogen-bond acceptors (Lipinski definition) is 4. The molecule has 0 aliphatic heterocycles. The molecule has 0 saturated heterocycles. The average molecular weight is 781 g/mol. The van der Waals surface area contributed by atoms with Gasteiger partial charge in [0.05, 0.1) is 33.8 Å². The highest BCUT2D eigenvalue weighted by atomic mass is 14.9. The van der Waals surface area contributed by atoms with Gasteiger partial charge >= 0.3 is 0 Å². The van der Waals surface area contributed by atoms with E-state index in [0.29, 0.717) is 5.82 Å². The lowest BCUT2D eigenvalue weighted by atomic mass is 9.92. The maximum absolute atomic E-state index is 5.35. The van der Waals surface area contributed by atoms with Gasteiger partial charge in [0.2, 0.25) is 0 Å². The number of hydrogen-bond donors (Lipinski definition) is 0. The summed E-state index contributed by atoms with van der Waals surface area (Å²) in [6.07, 6.45) is 7.83. The van der Waals surface area contributed by atoms with Crippen molar-refractivity contribution in [1.29, 1.82) is 0 Å². The van der Waals surface area contributed by atoms with Crippen LogP contribution < -0.4 is 0 Å². The standard InChI is InChI=1S/C57H40N4/c1-3-4-9-18-38(2)53-52-47(34-31-44-32-35-49(58-56(44)52)40-19-10-5-11-20-40)48-37-46(33-36-50(48)59-53)39-27-29-41(30-28-39)51-54(42-21-12-6-13-22-42)60-57(45-25-16-8-17-26-45)61-55(51)43-23-14-7-15-24-43/h3-37H,1H2,2H3/b9-4-,38-18+. The van der Waals surface area contributed by atoms with Crippen molar-refractivity contribution in [2.75, 3.05) is 0 Å². The third kappa shape index (κ3) is 7.21. The Bertz CT molecular complexity index is 3220. The van der Waals surface area contributed by atoms with Gasteiger partial charge in [0.1, 0.15) is 0 Å². The van der Waals surface area contributed by atoms with E-state index in [1.807, 2.05) is 48.6 Å². The fourth-order valence-electron chi connectivity index (χ4n) is 8.16. The minimum atomic E-state index is 0.692. The van der Waals surface area contributed by atoms with E-state index in [0.717, 1.165) is 105 Å². The Morgan fingerprint density at radius 3 is 1.64 bits per heavy atom. The molecule has 0 radical (unpaired) electrons. The van der Waals surface area contributed by atoms with E-state index in [4.69, 9.17) is 19.9 Å². The summed E-state index contributed by atoms with van der Waals surface area (Å²) in [6.45, 7) is 5.97. The molecular formula is C57H40N4. The second-order valence-electron chi connectivity index (χ2n) is 15.1. The molecule has 61 heavy (non-hydrogen) atoms. The number of aromatic nitrogens is 4. The van der Waals surface area contributed by atoms with Crippen molar-refractivity contribution in [1.82, 2.24) is 19.9 Å². The molecule has 0 aliphatic carbocycles. The van der Waals surface area contributed by atoms with Gasteiger partial charge in [0.15, 0.2) is 5.82 Å². The summed E-state index contributed by atoms with van der Waals surface area (Å²) in [5.74, 6) is 0.692. The number of pyridine rings is 2. The first-order valence-electron chi connectivity index (χ1n) is 20.5. The lowest BCUT2D eigenvalue weighted by Gasteiger charge is -2.17. The summed E-state index contributed by atoms with van der Waals surface area (Å²) in [7, 11) is 0. The van der Waals surface area contributed by atoms with E-state index in [2.05, 4.69) is 171 Å². The minimum absolute atomic E-state index is 0.692. The first-order chi connectivity index (χ1) is 30.1. The Balaban J connectivity index is 1.14. The van der Waals surface area contributed by atoms with Crippen LogP contribution in [0.4, 0.5) is 0 Å². The zero-order valence-corrected chi connectivity index (χ0v) is 33.7. The van der Waals surface area contributed by atoms with Crippen molar-refractivity contribution in [3.05, 3.63) is 225 Å². The Morgan fingerprint density at radius 2 is 1.02 bits per heavy atom. The summed E-state index contributed by atoms with van der Waals surface area (Å²) >= 11 is 0. The van der Waals surface area contributed by atoms with Crippen LogP contribution in [-0.2, 0) is 0 Å². The molecule has 4 nitrogen and oxygen atoms in total. The Labute approximate surface area is 355 Å². The Morgan fingerprint density at radius 1 is 0.459 bits per heavy atom. The van der Waals surface area contributed by atoms with Crippen LogP contribution in [0.1, 0.15) is 12.6 Å². The molecule has 4 heteroatoms. The van der Waals surface area contributed by atoms with Gasteiger partial charge in [0.25, 0.3) is 0 Å². The summed E-state index contributed by atoms with van der Waals surface area (Å²) in [5, 5.41) is 4.30. The molecule has 0 unspecified atom stereocenters. The van der Waals surface area contributed by atoms with E-state index in [9.17, 15) is 0 Å². The van der Waals surface area contributed by atoms with Gasteiger partial charge in [-0.15, -0.1) is 0 Å². The molecule has 0 spiro atoms. The normalized spacial score (nSPS) is 11.8. The molecule has 0 N–H and O–H groups in total. The molecule has 3 aromatic heterocycles. The number of benzene rings is 7. The predicted molar refractivity (Wildman–Crippen MR) is 256 cm³/mol. The molecule has 288 valence electrons. The van der Waals surface area contributed by atoms with Gasteiger partial charge in [0, 0.05) is 44.0 Å². The highest BCUT2D eigenvalue weighted by molar-refractivity contribution is 6.19. The SMILES string of the molecule is C=C/C=C\C=C(/C)c1nc2ccc(-c3ccc(-c4c(-c5ccccc5)nc(-c5ccccc5)nc4-c4ccccc4)cc3)cc2c2ccc3ccc(-c4ccccc4)nc3c12. The quantitative estimate of drug-likeness (QED) is 0.108. The fraction of sp³-hybridized carbons (Fsp3) is 0.0175. The van der Waals surface area contributed by atoms with Crippen LogP contribution >= 0.6 is 0 Å². The maximum Gasteiger partial charge on any atom is 0.160 e. The largest absolute Gasteiger partial charge is 0.247 e. The summed E-state index contributed by atoms with van der Waals surface area (Å²) < 4.78 is 0. The average Bonchev–Trinajstić information content (AvgIpc) is 3.34. The lowest BCUT2D eigenvalue weighted by Crippen LogP contribution is -2.00. The first kappa shape index (κ1) is 37.2. The van der Waals surface area contributed by atoms with Gasteiger partial charge in [-0.3, -0.25) is 0 Å². The van der Waals surface area contributed by atoms with E-state index in [-0.39, 0.29) is 0 Å². The third-order valence-electron chi connectivity index (χ3n) is 11.2. The van der Waals surface area contributed by atoms with Crippen molar-refractivity contribution < 1.29 is 0 Å². The second-order valence-corrected chi connectivity index (χ2v) is 15.1. The van der Waals surface area contributed by atoms with Crippen molar-refractivity contribution >= 4 is 38.2 Å². The van der Waals surface area contributed by atoms with Crippen molar-refractivity contribution in [3.8, 4) is 67.4 Å². The molecule has 3 heterocycles. The van der Waals surface area contributed by atoms with Gasteiger partial charge in [-0.25, -0.2) is 19.9 Å². The van der Waals surface area contributed by atoms with Crippen LogP contribution in [0, 0.1) is 0 Å². The summed E-state index contributed by atoms with van der Waals surface area (Å²) in [4.78, 5) is 21.2. The van der Waals surface area contributed by atoms with Crippen LogP contribution in [0.5, 0.6) is 0 Å². The Kier molecular flexibility index (Phi) is 9.93. The lowest BCUT2D eigenvalue weighted by molar-refractivity contribution is 1.18. The molecule has 0 bridgehead atoms. The smallest absolute Gasteiger partial charge is 0.160 e. The molecule has 10 rings (SSSR count). The van der Waals surface area contributed by atoms with Crippen LogP contribution in [0.2, 0.25) is 0 Å². The van der Waals surface area contributed by atoms with Crippen molar-refractivity contribution in [2.45, 2.75) is 6.92 Å². The minimum Gasteiger partial charge on any atom is -0.247 e. The van der Waals surface area contributed by atoms with Crippen LogP contribution in [0.15, 0.2) is 219 Å². The fourth-order valence-corrected chi connectivity index (χ4v) is 8.16. The summed E-state index contributed by atoms with van der Waals surface area (Å²) in [5.41, 5.74) is 14.9. The topological polar surface area (TPSA) is 51.6 Å². The molecule has 0 atom stereocenters. The molecule has 0 saturated carbocycles. The second kappa shape index (κ2) is 16.3. The third-order valence-corrected chi connectivity index (χ3v) is 11.2. The molecular weight excluding hydrogens is 741 g/mol. The van der Waals surface area contributed by atoms with E-state index in [1.165, 1.54) is 0 Å². The number of allylic oxidation sites excluding steroid dienone is 5. The first-order valence-corrected chi connectivity index (χ1v) is 20.5. The van der Waals surface area contributed by atoms with Gasteiger partial charge < -0.3 is 0 Å². The van der Waals surface area contributed by atoms with Crippen LogP contribution in [0.3, 0.4) is 0 Å². The van der Waals surface area contributed by atoms with E-state index < -0.39 is 0 Å². The van der Waals surface area contributed by atoms with E-state index in [1.54, 1.807) is 6.08 Å². The number of fused-ring (bicyclic) bond motifs is 5. The Hall–Kier alpha value is -8.08. The van der Waals surface area contributed by atoms with Crippen LogP contribution in [0.25, 0.3) is 106 Å². The highest BCUT2D eigenvalue weighted by Crippen LogP contribution is 2.41. The zero-order chi connectivity index (χ0) is 41.1. The van der Waals surface area contributed by atoms with Gasteiger partial charge in [-0.2, -0.15) is 0 Å². The van der Waals surface area contributed by atoms with Crippen molar-refractivity contribution in [2.24, 2.45) is 0 Å². The molecule has 10 aromatic rings. The molecule has 0 amide bonds. The highest BCUT2D eigenvalue weighted by Gasteiger charge is 2.21. The number of nitrogens with zero attached hydrogens (tertiary/aromatic N) is 4. The monoisotopic (exact) mass is 780 g/mol. The number of rotatable bonds is 9. The molecule has 0 aliphatic rings. The zero-order valence-electron chi connectivity index (χ0n) is 33.7. The molecule has 0 fully saturated rings.